The van der Waals surface area contributed by atoms with Crippen molar-refractivity contribution in [3.8, 4) is 11.1 Å². The second kappa shape index (κ2) is 9.17. The van der Waals surface area contributed by atoms with E-state index in [1.165, 1.54) is 0 Å². The van der Waals surface area contributed by atoms with Gasteiger partial charge in [-0.1, -0.05) is 84.9 Å². The summed E-state index contributed by atoms with van der Waals surface area (Å²) in [6.45, 7) is 1.12. The van der Waals surface area contributed by atoms with Gasteiger partial charge in [0.1, 0.15) is 0 Å². The van der Waals surface area contributed by atoms with Crippen molar-refractivity contribution in [2.24, 2.45) is 11.1 Å². The van der Waals surface area contributed by atoms with E-state index in [1.807, 2.05) is 59.5 Å². The molecule has 158 valence electrons. The molecule has 31 heavy (non-hydrogen) atoms. The van der Waals surface area contributed by atoms with Crippen molar-refractivity contribution in [1.29, 1.82) is 0 Å². The molecule has 2 N–H and O–H groups in total. The van der Waals surface area contributed by atoms with Crippen LogP contribution in [0.25, 0.3) is 11.1 Å². The van der Waals surface area contributed by atoms with Crippen LogP contribution in [-0.4, -0.2) is 29.8 Å². The van der Waals surface area contributed by atoms with Gasteiger partial charge in [0, 0.05) is 13.1 Å². The third-order valence-corrected chi connectivity index (χ3v) is 6.37. The maximum absolute atomic E-state index is 12.7. The molecule has 4 heteroatoms. The van der Waals surface area contributed by atoms with Crippen LogP contribution in [0.5, 0.6) is 0 Å². The van der Waals surface area contributed by atoms with Gasteiger partial charge in [0.15, 0.2) is 0 Å². The Morgan fingerprint density at radius 3 is 2.00 bits per heavy atom. The van der Waals surface area contributed by atoms with Crippen LogP contribution in [0.4, 0.5) is 0 Å². The van der Waals surface area contributed by atoms with Crippen molar-refractivity contribution in [2.75, 3.05) is 13.1 Å². The molecular weight excluding hydrogens is 384 g/mol. The Bertz CT molecular complexity index is 1040. The quantitative estimate of drug-likeness (QED) is 0.658. The van der Waals surface area contributed by atoms with E-state index in [2.05, 4.69) is 30.3 Å². The average molecular weight is 413 g/mol. The molecule has 1 saturated heterocycles. The zero-order chi connectivity index (χ0) is 21.7. The number of piperidine rings is 1. The zero-order valence-corrected chi connectivity index (χ0v) is 17.7. The highest BCUT2D eigenvalue weighted by Gasteiger charge is 2.40. The first-order valence-corrected chi connectivity index (χ1v) is 10.8. The van der Waals surface area contributed by atoms with Crippen LogP contribution in [0.15, 0.2) is 84.9 Å². The van der Waals surface area contributed by atoms with Gasteiger partial charge in [0.2, 0.25) is 11.8 Å². The molecule has 1 heterocycles. The Morgan fingerprint density at radius 2 is 1.35 bits per heavy atom. The Morgan fingerprint density at radius 1 is 0.774 bits per heavy atom. The number of nitrogens with two attached hydrogens (primary N) is 1. The number of likely N-dealkylation sites (tertiary alicyclic amines) is 1. The second-order valence-corrected chi connectivity index (χ2v) is 8.43. The molecule has 0 atom stereocenters. The first kappa shape index (κ1) is 20.9. The summed E-state index contributed by atoms with van der Waals surface area (Å²) in [6.07, 6.45) is 2.18. The number of hydrogen-bond donors (Lipinski definition) is 1. The topological polar surface area (TPSA) is 63.4 Å². The van der Waals surface area contributed by atoms with Gasteiger partial charge in [-0.15, -0.1) is 0 Å². The Labute approximate surface area is 183 Å². The highest BCUT2D eigenvalue weighted by molar-refractivity contribution is 5.83. The maximum atomic E-state index is 12.7. The molecule has 0 aliphatic carbocycles. The molecule has 2 amide bonds. The monoisotopic (exact) mass is 412 g/mol. The molecule has 1 aliphatic rings. The fourth-order valence-corrected chi connectivity index (χ4v) is 4.46. The maximum Gasteiger partial charge on any atom is 0.226 e. The van der Waals surface area contributed by atoms with Gasteiger partial charge in [0.25, 0.3) is 0 Å². The van der Waals surface area contributed by atoms with Gasteiger partial charge in [-0.25, -0.2) is 0 Å². The minimum Gasteiger partial charge on any atom is -0.369 e. The van der Waals surface area contributed by atoms with Crippen molar-refractivity contribution in [3.63, 3.8) is 0 Å². The molecule has 0 bridgehead atoms. The van der Waals surface area contributed by atoms with Gasteiger partial charge in [-0.05, 0) is 41.5 Å². The van der Waals surface area contributed by atoms with E-state index in [4.69, 9.17) is 5.73 Å². The molecule has 4 rings (SSSR count). The summed E-state index contributed by atoms with van der Waals surface area (Å²) in [7, 11) is 0. The number of hydrogen-bond acceptors (Lipinski definition) is 2. The van der Waals surface area contributed by atoms with Crippen molar-refractivity contribution < 1.29 is 9.59 Å². The van der Waals surface area contributed by atoms with Crippen LogP contribution in [0.3, 0.4) is 0 Å². The van der Waals surface area contributed by atoms with Crippen molar-refractivity contribution >= 4 is 11.8 Å². The summed E-state index contributed by atoms with van der Waals surface area (Å²) in [4.78, 5) is 27.1. The standard InChI is InChI=1S/C27H28N2O2/c28-26(31)27(20-22-10-7-13-24(18-22)23-11-5-2-6-12-23)14-16-29(17-15-27)25(30)19-21-8-3-1-4-9-21/h1-13,18H,14-17,19-20H2,(H2,28,31). The number of benzene rings is 3. The number of amides is 2. The minimum atomic E-state index is -0.612. The highest BCUT2D eigenvalue weighted by Crippen LogP contribution is 2.36. The van der Waals surface area contributed by atoms with Crippen molar-refractivity contribution in [1.82, 2.24) is 4.90 Å². The smallest absolute Gasteiger partial charge is 0.226 e. The first-order chi connectivity index (χ1) is 15.1. The predicted molar refractivity (Wildman–Crippen MR) is 123 cm³/mol. The normalized spacial score (nSPS) is 15.4. The SMILES string of the molecule is NC(=O)C1(Cc2cccc(-c3ccccc3)c2)CCN(C(=O)Cc2ccccc2)CC1. The van der Waals surface area contributed by atoms with Crippen molar-refractivity contribution in [2.45, 2.75) is 25.7 Å². The van der Waals surface area contributed by atoms with E-state index in [0.717, 1.165) is 22.3 Å². The molecule has 0 radical (unpaired) electrons. The minimum absolute atomic E-state index is 0.107. The van der Waals surface area contributed by atoms with Gasteiger partial charge in [0.05, 0.1) is 11.8 Å². The molecule has 0 saturated carbocycles. The lowest BCUT2D eigenvalue weighted by atomic mass is 9.73. The summed E-state index contributed by atoms with van der Waals surface area (Å²) < 4.78 is 0. The number of primary amides is 1. The van der Waals surface area contributed by atoms with Crippen LogP contribution >= 0.6 is 0 Å². The predicted octanol–water partition coefficient (Wildman–Crippen LogP) is 4.23. The number of rotatable bonds is 6. The van der Waals surface area contributed by atoms with Crippen LogP contribution in [0, 0.1) is 5.41 Å². The molecule has 1 fully saturated rings. The molecule has 4 nitrogen and oxygen atoms in total. The highest BCUT2D eigenvalue weighted by atomic mass is 16.2. The summed E-state index contributed by atoms with van der Waals surface area (Å²) in [6, 6.07) is 28.3. The fourth-order valence-electron chi connectivity index (χ4n) is 4.46. The molecule has 3 aromatic rings. The number of carbonyl (C=O) groups excluding carboxylic acids is 2. The lowest BCUT2D eigenvalue weighted by molar-refractivity contribution is -0.138. The van der Waals surface area contributed by atoms with E-state index in [-0.39, 0.29) is 11.8 Å². The Kier molecular flexibility index (Phi) is 6.17. The largest absolute Gasteiger partial charge is 0.369 e. The molecule has 0 unspecified atom stereocenters. The zero-order valence-electron chi connectivity index (χ0n) is 17.7. The average Bonchev–Trinajstić information content (AvgIpc) is 2.81. The second-order valence-electron chi connectivity index (χ2n) is 8.43. The fraction of sp³-hybridized carbons (Fsp3) is 0.259. The molecular formula is C27H28N2O2. The Balaban J connectivity index is 1.45. The van der Waals surface area contributed by atoms with Gasteiger partial charge in [-0.3, -0.25) is 9.59 Å². The van der Waals surface area contributed by atoms with Gasteiger partial charge >= 0.3 is 0 Å². The van der Waals surface area contributed by atoms with E-state index < -0.39 is 5.41 Å². The van der Waals surface area contributed by atoms with Crippen molar-refractivity contribution in [3.05, 3.63) is 96.1 Å². The number of carbonyl (C=O) groups is 2. The van der Waals surface area contributed by atoms with Crippen LogP contribution in [-0.2, 0) is 22.4 Å². The van der Waals surface area contributed by atoms with E-state index in [1.54, 1.807) is 0 Å². The van der Waals surface area contributed by atoms with E-state index >= 15 is 0 Å². The third kappa shape index (κ3) is 4.85. The Hall–Kier alpha value is -3.40. The van der Waals surface area contributed by atoms with Crippen LogP contribution < -0.4 is 5.73 Å². The lowest BCUT2D eigenvalue weighted by Crippen LogP contribution is -2.50. The van der Waals surface area contributed by atoms with Crippen LogP contribution in [0.1, 0.15) is 24.0 Å². The third-order valence-electron chi connectivity index (χ3n) is 6.37. The van der Waals surface area contributed by atoms with Gasteiger partial charge < -0.3 is 10.6 Å². The molecule has 1 aliphatic heterocycles. The molecule has 0 spiro atoms. The molecule has 3 aromatic carbocycles. The van der Waals surface area contributed by atoms with E-state index in [0.29, 0.717) is 38.8 Å². The first-order valence-electron chi connectivity index (χ1n) is 10.8. The molecule has 0 aromatic heterocycles. The lowest BCUT2D eigenvalue weighted by Gasteiger charge is -2.40. The summed E-state index contributed by atoms with van der Waals surface area (Å²) in [5, 5.41) is 0. The summed E-state index contributed by atoms with van der Waals surface area (Å²) >= 11 is 0. The summed E-state index contributed by atoms with van der Waals surface area (Å²) in [5.41, 5.74) is 9.69. The van der Waals surface area contributed by atoms with E-state index in [9.17, 15) is 9.59 Å². The van der Waals surface area contributed by atoms with Gasteiger partial charge in [-0.2, -0.15) is 0 Å². The number of nitrogens with zero attached hydrogens (tertiary/aromatic N) is 1. The summed E-state index contributed by atoms with van der Waals surface area (Å²) in [5.74, 6) is -0.164. The van der Waals surface area contributed by atoms with Crippen LogP contribution in [0.2, 0.25) is 0 Å².